The third-order valence-corrected chi connectivity index (χ3v) is 3.93. The Morgan fingerprint density at radius 2 is 2.18 bits per heavy atom. The van der Waals surface area contributed by atoms with Crippen LogP contribution in [0.5, 0.6) is 0 Å². The number of carbonyl (C=O) groups excluding carboxylic acids is 1. The van der Waals surface area contributed by atoms with Crippen molar-refractivity contribution in [2.45, 2.75) is 39.2 Å². The molecular formula is C13H27N3O. The van der Waals surface area contributed by atoms with Crippen molar-refractivity contribution in [2.24, 2.45) is 17.6 Å². The number of carbonyl (C=O) groups is 1. The second-order valence-corrected chi connectivity index (χ2v) is 5.71. The minimum Gasteiger partial charge on any atom is -0.368 e. The fraction of sp³-hybridized carbons (Fsp3) is 0.923. The highest BCUT2D eigenvalue weighted by Gasteiger charge is 2.34. The van der Waals surface area contributed by atoms with Crippen LogP contribution in [0.3, 0.4) is 0 Å². The molecule has 100 valence electrons. The zero-order valence-electron chi connectivity index (χ0n) is 11.6. The van der Waals surface area contributed by atoms with E-state index in [0.717, 1.165) is 37.9 Å². The van der Waals surface area contributed by atoms with Gasteiger partial charge in [-0.3, -0.25) is 4.79 Å². The Labute approximate surface area is 105 Å². The molecular weight excluding hydrogens is 214 g/mol. The van der Waals surface area contributed by atoms with Crippen molar-refractivity contribution >= 4 is 5.91 Å². The van der Waals surface area contributed by atoms with Crippen molar-refractivity contribution in [1.29, 1.82) is 0 Å². The van der Waals surface area contributed by atoms with Crippen LogP contribution in [-0.4, -0.2) is 43.0 Å². The molecule has 17 heavy (non-hydrogen) atoms. The summed E-state index contributed by atoms with van der Waals surface area (Å²) < 4.78 is 0. The van der Waals surface area contributed by atoms with Gasteiger partial charge in [0.05, 0.1) is 5.54 Å². The number of amides is 1. The average Bonchev–Trinajstić information content (AvgIpc) is 2.91. The molecule has 0 aromatic carbocycles. The maximum absolute atomic E-state index is 11.5. The highest BCUT2D eigenvalue weighted by atomic mass is 16.1. The normalized spacial score (nSPS) is 26.9. The van der Waals surface area contributed by atoms with E-state index in [1.807, 2.05) is 13.8 Å². The van der Waals surface area contributed by atoms with Crippen molar-refractivity contribution in [3.63, 3.8) is 0 Å². The molecule has 1 aliphatic carbocycles. The van der Waals surface area contributed by atoms with E-state index < -0.39 is 5.54 Å². The van der Waals surface area contributed by atoms with E-state index in [1.165, 1.54) is 6.42 Å². The number of nitrogens with one attached hydrogen (secondary N) is 1. The number of nitrogens with zero attached hydrogens (tertiary/aromatic N) is 1. The topological polar surface area (TPSA) is 58.4 Å². The fourth-order valence-electron chi connectivity index (χ4n) is 2.25. The summed E-state index contributed by atoms with van der Waals surface area (Å²) in [5.41, 5.74) is 4.89. The summed E-state index contributed by atoms with van der Waals surface area (Å²) in [6.07, 6.45) is 2.12. The zero-order valence-corrected chi connectivity index (χ0v) is 11.6. The van der Waals surface area contributed by atoms with Gasteiger partial charge in [-0.25, -0.2) is 0 Å². The molecule has 1 fully saturated rings. The molecule has 3 unspecified atom stereocenters. The molecule has 0 spiro atoms. The minimum atomic E-state index is -0.571. The standard InChI is InChI=1S/C13H27N3O/c1-5-15-13(3,12(14)17)6-7-16(4)9-11-8-10(11)2/h10-11,15H,5-9H2,1-4H3,(H2,14,17). The van der Waals surface area contributed by atoms with Crippen LogP contribution in [0.15, 0.2) is 0 Å². The van der Waals surface area contributed by atoms with E-state index in [-0.39, 0.29) is 5.91 Å². The van der Waals surface area contributed by atoms with Crippen LogP contribution in [0.2, 0.25) is 0 Å². The summed E-state index contributed by atoms with van der Waals surface area (Å²) in [7, 11) is 2.12. The van der Waals surface area contributed by atoms with Gasteiger partial charge in [-0.1, -0.05) is 13.8 Å². The highest BCUT2D eigenvalue weighted by molar-refractivity contribution is 5.84. The largest absolute Gasteiger partial charge is 0.368 e. The SMILES string of the molecule is CCNC(C)(CCN(C)CC1CC1C)C(N)=O. The Bertz CT molecular complexity index is 269. The number of hydrogen-bond acceptors (Lipinski definition) is 3. The van der Waals surface area contributed by atoms with E-state index in [0.29, 0.717) is 0 Å². The van der Waals surface area contributed by atoms with Gasteiger partial charge in [-0.05, 0) is 45.2 Å². The van der Waals surface area contributed by atoms with Crippen molar-refractivity contribution in [2.75, 3.05) is 26.7 Å². The van der Waals surface area contributed by atoms with Crippen LogP contribution in [0, 0.1) is 11.8 Å². The van der Waals surface area contributed by atoms with Crippen LogP contribution < -0.4 is 11.1 Å². The molecule has 0 aromatic heterocycles. The number of nitrogens with two attached hydrogens (primary N) is 1. The van der Waals surface area contributed by atoms with Crippen LogP contribution in [0.4, 0.5) is 0 Å². The molecule has 1 amide bonds. The number of likely N-dealkylation sites (N-methyl/N-ethyl adjacent to an activating group) is 1. The van der Waals surface area contributed by atoms with Gasteiger partial charge in [0.1, 0.15) is 0 Å². The van der Waals surface area contributed by atoms with Crippen molar-refractivity contribution in [1.82, 2.24) is 10.2 Å². The second kappa shape index (κ2) is 5.83. The highest BCUT2D eigenvalue weighted by Crippen LogP contribution is 2.37. The summed E-state index contributed by atoms with van der Waals surface area (Å²) in [6.45, 7) is 9.01. The lowest BCUT2D eigenvalue weighted by Crippen LogP contribution is -2.54. The van der Waals surface area contributed by atoms with E-state index in [2.05, 4.69) is 24.2 Å². The van der Waals surface area contributed by atoms with Crippen LogP contribution in [-0.2, 0) is 4.79 Å². The fourth-order valence-corrected chi connectivity index (χ4v) is 2.25. The number of hydrogen-bond donors (Lipinski definition) is 2. The van der Waals surface area contributed by atoms with Gasteiger partial charge in [0.15, 0.2) is 0 Å². The molecule has 0 radical (unpaired) electrons. The van der Waals surface area contributed by atoms with Gasteiger partial charge in [-0.15, -0.1) is 0 Å². The minimum absolute atomic E-state index is 0.257. The molecule has 4 nitrogen and oxygen atoms in total. The van der Waals surface area contributed by atoms with Gasteiger partial charge in [-0.2, -0.15) is 0 Å². The lowest BCUT2D eigenvalue weighted by atomic mass is 9.96. The molecule has 1 rings (SSSR count). The first-order chi connectivity index (χ1) is 7.89. The molecule has 0 aromatic rings. The number of primary amides is 1. The van der Waals surface area contributed by atoms with Crippen LogP contribution >= 0.6 is 0 Å². The van der Waals surface area contributed by atoms with Gasteiger partial charge >= 0.3 is 0 Å². The molecule has 0 saturated heterocycles. The summed E-state index contributed by atoms with van der Waals surface area (Å²) in [6, 6.07) is 0. The zero-order chi connectivity index (χ0) is 13.1. The molecule has 1 aliphatic rings. The molecule has 0 heterocycles. The third-order valence-electron chi connectivity index (χ3n) is 3.93. The molecule has 0 bridgehead atoms. The first-order valence-electron chi connectivity index (χ1n) is 6.62. The van der Waals surface area contributed by atoms with Crippen molar-refractivity contribution < 1.29 is 4.79 Å². The van der Waals surface area contributed by atoms with Crippen molar-refractivity contribution in [3.8, 4) is 0 Å². The van der Waals surface area contributed by atoms with Crippen LogP contribution in [0.25, 0.3) is 0 Å². The lowest BCUT2D eigenvalue weighted by molar-refractivity contribution is -0.124. The Balaban J connectivity index is 2.32. The maximum Gasteiger partial charge on any atom is 0.237 e. The smallest absolute Gasteiger partial charge is 0.237 e. The van der Waals surface area contributed by atoms with Crippen LogP contribution in [0.1, 0.15) is 33.6 Å². The Morgan fingerprint density at radius 1 is 1.59 bits per heavy atom. The number of rotatable bonds is 8. The quantitative estimate of drug-likeness (QED) is 0.661. The average molecular weight is 241 g/mol. The summed E-state index contributed by atoms with van der Waals surface area (Å²) >= 11 is 0. The van der Waals surface area contributed by atoms with Gasteiger partial charge in [0, 0.05) is 13.1 Å². The summed E-state index contributed by atoms with van der Waals surface area (Å²) in [5.74, 6) is 1.49. The summed E-state index contributed by atoms with van der Waals surface area (Å²) in [4.78, 5) is 13.8. The second-order valence-electron chi connectivity index (χ2n) is 5.71. The Hall–Kier alpha value is -0.610. The monoisotopic (exact) mass is 241 g/mol. The van der Waals surface area contributed by atoms with E-state index in [1.54, 1.807) is 0 Å². The van der Waals surface area contributed by atoms with Gasteiger partial charge in [0.2, 0.25) is 5.91 Å². The van der Waals surface area contributed by atoms with Gasteiger partial charge < -0.3 is 16.0 Å². The molecule has 4 heteroatoms. The third kappa shape index (κ3) is 4.28. The predicted octanol–water partition coefficient (Wildman–Crippen LogP) is 0.818. The Kier molecular flexibility index (Phi) is 4.95. The predicted molar refractivity (Wildman–Crippen MR) is 70.7 cm³/mol. The van der Waals surface area contributed by atoms with Gasteiger partial charge in [0.25, 0.3) is 0 Å². The van der Waals surface area contributed by atoms with Crippen molar-refractivity contribution in [3.05, 3.63) is 0 Å². The molecule has 1 saturated carbocycles. The van der Waals surface area contributed by atoms with E-state index in [9.17, 15) is 4.79 Å². The molecule has 3 N–H and O–H groups in total. The first kappa shape index (κ1) is 14.5. The molecule has 0 aliphatic heterocycles. The Morgan fingerprint density at radius 3 is 2.59 bits per heavy atom. The summed E-state index contributed by atoms with van der Waals surface area (Å²) in [5, 5.41) is 3.19. The lowest BCUT2D eigenvalue weighted by Gasteiger charge is -2.29. The van der Waals surface area contributed by atoms with E-state index >= 15 is 0 Å². The van der Waals surface area contributed by atoms with E-state index in [4.69, 9.17) is 5.73 Å². The maximum atomic E-state index is 11.5. The first-order valence-corrected chi connectivity index (χ1v) is 6.62. The molecule has 3 atom stereocenters.